The van der Waals surface area contributed by atoms with Crippen LogP contribution in [0.25, 0.3) is 10.2 Å². The van der Waals surface area contributed by atoms with Crippen LogP contribution in [0.15, 0.2) is 22.1 Å². The number of fused-ring (bicyclic) bond motifs is 1. The lowest BCUT2D eigenvalue weighted by Gasteiger charge is -2.04. The van der Waals surface area contributed by atoms with Gasteiger partial charge in [0, 0.05) is 11.1 Å². The van der Waals surface area contributed by atoms with Crippen LogP contribution in [0.5, 0.6) is 0 Å². The van der Waals surface area contributed by atoms with Gasteiger partial charge in [-0.3, -0.25) is 14.2 Å². The van der Waals surface area contributed by atoms with Gasteiger partial charge in [-0.25, -0.2) is 9.97 Å². The molecule has 0 aliphatic carbocycles. The van der Waals surface area contributed by atoms with Crippen LogP contribution >= 0.6 is 33.9 Å². The Labute approximate surface area is 137 Å². The van der Waals surface area contributed by atoms with Gasteiger partial charge in [-0.15, -0.1) is 11.3 Å². The maximum absolute atomic E-state index is 12.2. The minimum Gasteiger partial charge on any atom is -0.308 e. The van der Waals surface area contributed by atoms with E-state index in [0.717, 1.165) is 10.4 Å². The summed E-state index contributed by atoms with van der Waals surface area (Å²) in [6, 6.07) is 0. The molecular formula is C13H11IN4O2S. The van der Waals surface area contributed by atoms with Crippen molar-refractivity contribution in [3.63, 3.8) is 0 Å². The average Bonchev–Trinajstić information content (AvgIpc) is 2.71. The topological polar surface area (TPSA) is 80.6 Å². The van der Waals surface area contributed by atoms with Crippen molar-refractivity contribution in [2.24, 2.45) is 0 Å². The molecule has 1 N–H and O–H groups in total. The lowest BCUT2D eigenvalue weighted by Crippen LogP contribution is -2.25. The molecule has 3 aromatic heterocycles. The van der Waals surface area contributed by atoms with Gasteiger partial charge in [-0.05, 0) is 42.0 Å². The minimum atomic E-state index is -0.163. The Kier molecular flexibility index (Phi) is 3.66. The van der Waals surface area contributed by atoms with E-state index in [4.69, 9.17) is 0 Å². The summed E-state index contributed by atoms with van der Waals surface area (Å²) in [7, 11) is 0. The summed E-state index contributed by atoms with van der Waals surface area (Å²) in [6.45, 7) is 4.08. The van der Waals surface area contributed by atoms with Crippen molar-refractivity contribution in [2.75, 3.05) is 0 Å². The summed E-state index contributed by atoms with van der Waals surface area (Å²) in [6.07, 6.45) is 2.95. The molecular weight excluding hydrogens is 403 g/mol. The molecule has 0 radical (unpaired) electrons. The molecule has 0 spiro atoms. The summed E-state index contributed by atoms with van der Waals surface area (Å²) in [5, 5.41) is 0.634. The first kappa shape index (κ1) is 14.4. The van der Waals surface area contributed by atoms with Gasteiger partial charge in [0.15, 0.2) is 0 Å². The summed E-state index contributed by atoms with van der Waals surface area (Å²) in [5.41, 5.74) is 0.652. The number of hydrogen-bond acceptors (Lipinski definition) is 5. The van der Waals surface area contributed by atoms with E-state index in [1.165, 1.54) is 28.4 Å². The van der Waals surface area contributed by atoms with Crippen LogP contribution in [-0.2, 0) is 6.54 Å². The smallest absolute Gasteiger partial charge is 0.267 e. The molecule has 0 saturated heterocycles. The Balaban J connectivity index is 2.12. The summed E-state index contributed by atoms with van der Waals surface area (Å²) in [5.74, 6) is 0.458. The van der Waals surface area contributed by atoms with Crippen LogP contribution in [-0.4, -0.2) is 19.5 Å². The van der Waals surface area contributed by atoms with Gasteiger partial charge in [-0.1, -0.05) is 0 Å². The van der Waals surface area contributed by atoms with Gasteiger partial charge in [-0.2, -0.15) is 0 Å². The monoisotopic (exact) mass is 414 g/mol. The molecule has 108 valence electrons. The molecule has 0 aliphatic rings. The number of halogens is 1. The van der Waals surface area contributed by atoms with Gasteiger partial charge >= 0.3 is 0 Å². The number of nitrogens with zero attached hydrogens (tertiary/aromatic N) is 3. The predicted molar refractivity (Wildman–Crippen MR) is 90.0 cm³/mol. The Hall–Kier alpha value is -1.55. The molecule has 0 aliphatic heterocycles. The summed E-state index contributed by atoms with van der Waals surface area (Å²) in [4.78, 5) is 37.1. The minimum absolute atomic E-state index is 0.146. The number of aromatic amines is 1. The van der Waals surface area contributed by atoms with Gasteiger partial charge < -0.3 is 4.98 Å². The van der Waals surface area contributed by atoms with Crippen LogP contribution < -0.4 is 11.1 Å². The standard InChI is InChI=1S/C13H11IN4O2S/c1-6-7(2)21-12-10(6)11(19)16-9(17-12)4-18-5-15-3-8(14)13(18)20/h3,5H,4H2,1-2H3,(H,16,17,19). The zero-order valence-electron chi connectivity index (χ0n) is 11.3. The normalized spacial score (nSPS) is 11.2. The van der Waals surface area contributed by atoms with Crippen molar-refractivity contribution >= 4 is 44.1 Å². The molecule has 0 fully saturated rings. The van der Waals surface area contributed by atoms with E-state index in [0.29, 0.717) is 19.6 Å². The Bertz CT molecular complexity index is 957. The third-order valence-corrected chi connectivity index (χ3v) is 5.11. The highest BCUT2D eigenvalue weighted by Crippen LogP contribution is 2.25. The van der Waals surface area contributed by atoms with E-state index in [9.17, 15) is 9.59 Å². The highest BCUT2D eigenvalue weighted by molar-refractivity contribution is 14.1. The lowest BCUT2D eigenvalue weighted by atomic mass is 10.2. The molecule has 3 heterocycles. The number of H-pyrrole nitrogens is 1. The van der Waals surface area contributed by atoms with Gasteiger partial charge in [0.05, 0.1) is 21.8 Å². The predicted octanol–water partition coefficient (Wildman–Crippen LogP) is 1.81. The molecule has 0 atom stereocenters. The zero-order valence-corrected chi connectivity index (χ0v) is 14.3. The summed E-state index contributed by atoms with van der Waals surface area (Å²) < 4.78 is 1.96. The fourth-order valence-electron chi connectivity index (χ4n) is 2.07. The molecule has 21 heavy (non-hydrogen) atoms. The molecule has 0 amide bonds. The van der Waals surface area contributed by atoms with Crippen molar-refractivity contribution in [3.05, 3.63) is 53.1 Å². The molecule has 8 heteroatoms. The highest BCUT2D eigenvalue weighted by atomic mass is 127. The molecule has 3 rings (SSSR count). The number of rotatable bonds is 2. The van der Waals surface area contributed by atoms with E-state index in [2.05, 4.69) is 15.0 Å². The second kappa shape index (κ2) is 5.34. The Morgan fingerprint density at radius 1 is 1.38 bits per heavy atom. The van der Waals surface area contributed by atoms with E-state index in [1.54, 1.807) is 0 Å². The van der Waals surface area contributed by atoms with Gasteiger partial charge in [0.2, 0.25) is 0 Å². The number of aryl methyl sites for hydroxylation is 2. The second-order valence-electron chi connectivity index (χ2n) is 4.65. The third kappa shape index (κ3) is 2.53. The van der Waals surface area contributed by atoms with Crippen LogP contribution in [0.1, 0.15) is 16.3 Å². The second-order valence-corrected chi connectivity index (χ2v) is 7.02. The van der Waals surface area contributed by atoms with Crippen LogP contribution in [0, 0.1) is 17.4 Å². The quantitative estimate of drug-likeness (QED) is 0.649. The van der Waals surface area contributed by atoms with E-state index < -0.39 is 0 Å². The first-order valence-electron chi connectivity index (χ1n) is 6.16. The van der Waals surface area contributed by atoms with Crippen LogP contribution in [0.4, 0.5) is 0 Å². The largest absolute Gasteiger partial charge is 0.308 e. The first-order chi connectivity index (χ1) is 9.97. The van der Waals surface area contributed by atoms with Crippen molar-refractivity contribution in [3.8, 4) is 0 Å². The SMILES string of the molecule is Cc1sc2nc(Cn3cncc(I)c3=O)[nH]c(=O)c2c1C. The molecule has 0 saturated carbocycles. The molecule has 6 nitrogen and oxygen atoms in total. The van der Waals surface area contributed by atoms with Crippen molar-refractivity contribution in [1.82, 2.24) is 19.5 Å². The fraction of sp³-hybridized carbons (Fsp3) is 0.231. The lowest BCUT2D eigenvalue weighted by molar-refractivity contribution is 0.694. The molecule has 0 unspecified atom stereocenters. The molecule has 0 aromatic carbocycles. The number of thiophene rings is 1. The molecule has 0 bridgehead atoms. The number of nitrogens with one attached hydrogen (secondary N) is 1. The number of hydrogen-bond donors (Lipinski definition) is 1. The maximum Gasteiger partial charge on any atom is 0.267 e. The number of aromatic nitrogens is 4. The van der Waals surface area contributed by atoms with E-state index in [-0.39, 0.29) is 17.7 Å². The van der Waals surface area contributed by atoms with Crippen molar-refractivity contribution in [1.29, 1.82) is 0 Å². The first-order valence-corrected chi connectivity index (χ1v) is 8.05. The summed E-state index contributed by atoms with van der Waals surface area (Å²) >= 11 is 3.42. The molecule has 3 aromatic rings. The Morgan fingerprint density at radius 3 is 2.90 bits per heavy atom. The van der Waals surface area contributed by atoms with Crippen molar-refractivity contribution in [2.45, 2.75) is 20.4 Å². The van der Waals surface area contributed by atoms with Crippen LogP contribution in [0.2, 0.25) is 0 Å². The Morgan fingerprint density at radius 2 is 2.14 bits per heavy atom. The van der Waals surface area contributed by atoms with Crippen LogP contribution in [0.3, 0.4) is 0 Å². The third-order valence-electron chi connectivity index (χ3n) is 3.27. The average molecular weight is 414 g/mol. The van der Waals surface area contributed by atoms with Gasteiger partial charge in [0.1, 0.15) is 10.7 Å². The highest BCUT2D eigenvalue weighted by Gasteiger charge is 2.12. The van der Waals surface area contributed by atoms with E-state index >= 15 is 0 Å². The van der Waals surface area contributed by atoms with E-state index in [1.807, 2.05) is 36.4 Å². The van der Waals surface area contributed by atoms with Crippen molar-refractivity contribution < 1.29 is 0 Å². The zero-order chi connectivity index (χ0) is 15.1. The van der Waals surface area contributed by atoms with Gasteiger partial charge in [0.25, 0.3) is 11.1 Å². The maximum atomic E-state index is 12.2. The fourth-order valence-corrected chi connectivity index (χ4v) is 3.59.